The van der Waals surface area contributed by atoms with E-state index < -0.39 is 5.44 Å². The fourth-order valence-electron chi connectivity index (χ4n) is 1.36. The quantitative estimate of drug-likeness (QED) is 0.791. The van der Waals surface area contributed by atoms with Crippen molar-refractivity contribution in [3.8, 4) is 0 Å². The molecule has 0 aliphatic carbocycles. The van der Waals surface area contributed by atoms with E-state index in [1.807, 2.05) is 25.1 Å². The van der Waals surface area contributed by atoms with Crippen molar-refractivity contribution < 1.29 is 9.90 Å². The Morgan fingerprint density at radius 2 is 2.27 bits per heavy atom. The molecule has 1 aliphatic heterocycles. The van der Waals surface area contributed by atoms with E-state index in [0.717, 1.165) is 11.1 Å². The first-order chi connectivity index (χ1) is 7.08. The van der Waals surface area contributed by atoms with Gasteiger partial charge in [0.1, 0.15) is 5.37 Å². The van der Waals surface area contributed by atoms with Crippen LogP contribution >= 0.6 is 23.4 Å². The van der Waals surface area contributed by atoms with Gasteiger partial charge in [0.15, 0.2) is 5.44 Å². The molecular formula is C10H10ClNO2S. The van der Waals surface area contributed by atoms with Gasteiger partial charge in [0.2, 0.25) is 0 Å². The number of carbonyl (C=O) groups is 1. The number of aryl methyl sites for hydroxylation is 1. The van der Waals surface area contributed by atoms with E-state index in [0.29, 0.717) is 5.02 Å². The summed E-state index contributed by atoms with van der Waals surface area (Å²) >= 11 is 7.16. The van der Waals surface area contributed by atoms with Crippen molar-refractivity contribution in [1.82, 2.24) is 5.32 Å². The van der Waals surface area contributed by atoms with Crippen molar-refractivity contribution in [3.63, 3.8) is 0 Å². The number of rotatable bonds is 1. The zero-order chi connectivity index (χ0) is 11.0. The predicted molar refractivity (Wildman–Crippen MR) is 60.7 cm³/mol. The van der Waals surface area contributed by atoms with Crippen LogP contribution < -0.4 is 5.32 Å². The average molecular weight is 244 g/mol. The Kier molecular flexibility index (Phi) is 2.91. The summed E-state index contributed by atoms with van der Waals surface area (Å²) in [7, 11) is 0. The number of thioether (sulfide) groups is 1. The van der Waals surface area contributed by atoms with Crippen LogP contribution in [0.4, 0.5) is 0 Å². The Balaban J connectivity index is 2.24. The molecule has 0 saturated carbocycles. The smallest absolute Gasteiger partial charge is 0.260 e. The lowest BCUT2D eigenvalue weighted by molar-refractivity contribution is -0.124. The molecule has 1 aliphatic rings. The van der Waals surface area contributed by atoms with Gasteiger partial charge in [-0.3, -0.25) is 4.79 Å². The lowest BCUT2D eigenvalue weighted by Crippen LogP contribution is -2.23. The van der Waals surface area contributed by atoms with E-state index in [4.69, 9.17) is 11.6 Å². The first-order valence-electron chi connectivity index (χ1n) is 4.48. The summed E-state index contributed by atoms with van der Waals surface area (Å²) in [5.74, 6) is -0.346. The normalized spacial score (nSPS) is 25.4. The molecule has 3 nitrogen and oxygen atoms in total. The summed E-state index contributed by atoms with van der Waals surface area (Å²) in [6.45, 7) is 1.92. The SMILES string of the molecule is Cc1ccc(C2NC(=O)C(O)S2)cc1Cl. The summed E-state index contributed by atoms with van der Waals surface area (Å²) in [4.78, 5) is 11.1. The van der Waals surface area contributed by atoms with Gasteiger partial charge in [-0.1, -0.05) is 35.5 Å². The van der Waals surface area contributed by atoms with Crippen molar-refractivity contribution in [2.24, 2.45) is 0 Å². The van der Waals surface area contributed by atoms with Crippen LogP contribution in [0.25, 0.3) is 0 Å². The third kappa shape index (κ3) is 2.12. The van der Waals surface area contributed by atoms with Gasteiger partial charge < -0.3 is 10.4 Å². The highest BCUT2D eigenvalue weighted by Gasteiger charge is 2.31. The van der Waals surface area contributed by atoms with Gasteiger partial charge in [0.25, 0.3) is 5.91 Å². The van der Waals surface area contributed by atoms with Crippen molar-refractivity contribution >= 4 is 29.3 Å². The van der Waals surface area contributed by atoms with Crippen LogP contribution in [-0.2, 0) is 4.79 Å². The van der Waals surface area contributed by atoms with Crippen LogP contribution in [0, 0.1) is 6.92 Å². The van der Waals surface area contributed by atoms with Crippen LogP contribution in [0.5, 0.6) is 0 Å². The Morgan fingerprint density at radius 3 is 2.80 bits per heavy atom. The number of carbonyl (C=O) groups excluding carboxylic acids is 1. The van der Waals surface area contributed by atoms with E-state index in [9.17, 15) is 9.90 Å². The molecule has 1 aromatic rings. The molecule has 1 fully saturated rings. The molecule has 2 unspecified atom stereocenters. The number of benzene rings is 1. The molecule has 1 heterocycles. The van der Waals surface area contributed by atoms with Crippen molar-refractivity contribution in [2.75, 3.05) is 0 Å². The van der Waals surface area contributed by atoms with Gasteiger partial charge in [-0.25, -0.2) is 0 Å². The number of aliphatic hydroxyl groups is 1. The third-order valence-corrected chi connectivity index (χ3v) is 3.80. The number of hydrogen-bond donors (Lipinski definition) is 2. The molecule has 5 heteroatoms. The topological polar surface area (TPSA) is 49.3 Å². The molecule has 2 N–H and O–H groups in total. The monoisotopic (exact) mass is 243 g/mol. The minimum atomic E-state index is -0.977. The summed E-state index contributed by atoms with van der Waals surface area (Å²) in [6.07, 6.45) is 0. The highest BCUT2D eigenvalue weighted by Crippen LogP contribution is 2.35. The number of amides is 1. The van der Waals surface area contributed by atoms with Crippen LogP contribution in [0.2, 0.25) is 5.02 Å². The maximum absolute atomic E-state index is 11.1. The molecule has 1 amide bonds. The molecule has 15 heavy (non-hydrogen) atoms. The molecule has 2 rings (SSSR count). The molecule has 0 aromatic heterocycles. The number of hydrogen-bond acceptors (Lipinski definition) is 3. The van der Waals surface area contributed by atoms with Crippen LogP contribution in [0.1, 0.15) is 16.5 Å². The van der Waals surface area contributed by atoms with Gasteiger partial charge in [0, 0.05) is 5.02 Å². The zero-order valence-corrected chi connectivity index (χ0v) is 9.60. The lowest BCUT2D eigenvalue weighted by Gasteiger charge is -2.10. The maximum Gasteiger partial charge on any atom is 0.260 e. The van der Waals surface area contributed by atoms with E-state index in [-0.39, 0.29) is 11.3 Å². The fourth-order valence-corrected chi connectivity index (χ4v) is 2.49. The summed E-state index contributed by atoms with van der Waals surface area (Å²) in [5, 5.41) is 12.4. The van der Waals surface area contributed by atoms with Crippen molar-refractivity contribution in [1.29, 1.82) is 0 Å². The molecule has 1 saturated heterocycles. The Morgan fingerprint density at radius 1 is 1.53 bits per heavy atom. The molecular weight excluding hydrogens is 234 g/mol. The highest BCUT2D eigenvalue weighted by atomic mass is 35.5. The van der Waals surface area contributed by atoms with Gasteiger partial charge >= 0.3 is 0 Å². The molecule has 2 atom stereocenters. The number of aliphatic hydroxyl groups excluding tert-OH is 1. The minimum Gasteiger partial charge on any atom is -0.373 e. The van der Waals surface area contributed by atoms with Gasteiger partial charge in [-0.15, -0.1) is 0 Å². The first-order valence-corrected chi connectivity index (χ1v) is 5.80. The van der Waals surface area contributed by atoms with Gasteiger partial charge in [-0.2, -0.15) is 0 Å². The van der Waals surface area contributed by atoms with Gasteiger partial charge in [-0.05, 0) is 24.1 Å². The molecule has 1 aromatic carbocycles. The summed E-state index contributed by atoms with van der Waals surface area (Å²) in [6, 6.07) is 5.61. The molecule has 0 radical (unpaired) electrons. The minimum absolute atomic E-state index is 0.203. The Labute approximate surface area is 96.8 Å². The number of halogens is 1. The predicted octanol–water partition coefficient (Wildman–Crippen LogP) is 1.83. The average Bonchev–Trinajstić information content (AvgIpc) is 2.52. The van der Waals surface area contributed by atoms with Crippen molar-refractivity contribution in [2.45, 2.75) is 17.7 Å². The highest BCUT2D eigenvalue weighted by molar-refractivity contribution is 8.01. The van der Waals surface area contributed by atoms with Crippen LogP contribution in [0.3, 0.4) is 0 Å². The Bertz CT molecular complexity index is 410. The zero-order valence-electron chi connectivity index (χ0n) is 8.03. The fraction of sp³-hybridized carbons (Fsp3) is 0.300. The summed E-state index contributed by atoms with van der Waals surface area (Å²) < 4.78 is 0. The second-order valence-corrected chi connectivity index (χ2v) is 4.98. The molecule has 0 spiro atoms. The van der Waals surface area contributed by atoms with Crippen LogP contribution in [0.15, 0.2) is 18.2 Å². The lowest BCUT2D eigenvalue weighted by atomic mass is 10.1. The molecule has 80 valence electrons. The second-order valence-electron chi connectivity index (χ2n) is 3.39. The number of nitrogens with one attached hydrogen (secondary N) is 1. The van der Waals surface area contributed by atoms with E-state index in [1.165, 1.54) is 11.8 Å². The van der Waals surface area contributed by atoms with Crippen molar-refractivity contribution in [3.05, 3.63) is 34.3 Å². The third-order valence-electron chi connectivity index (χ3n) is 2.26. The van der Waals surface area contributed by atoms with E-state index in [1.54, 1.807) is 0 Å². The summed E-state index contributed by atoms with van der Waals surface area (Å²) in [5.41, 5.74) is 0.922. The standard InChI is InChI=1S/C10H10ClNO2S/c1-5-2-3-6(4-7(5)11)9-12-8(13)10(14)15-9/h2-4,9-10,14H,1H3,(H,12,13). The second kappa shape index (κ2) is 4.04. The maximum atomic E-state index is 11.1. The van der Waals surface area contributed by atoms with E-state index in [2.05, 4.69) is 5.32 Å². The first kappa shape index (κ1) is 10.8. The molecule has 0 bridgehead atoms. The van der Waals surface area contributed by atoms with E-state index >= 15 is 0 Å². The largest absolute Gasteiger partial charge is 0.373 e. The van der Waals surface area contributed by atoms with Crippen LogP contribution in [-0.4, -0.2) is 16.4 Å². The Hall–Kier alpha value is -0.710. The van der Waals surface area contributed by atoms with Gasteiger partial charge in [0.05, 0.1) is 0 Å².